The van der Waals surface area contributed by atoms with Gasteiger partial charge in [0.15, 0.2) is 5.96 Å². The minimum absolute atomic E-state index is 0. The van der Waals surface area contributed by atoms with E-state index in [-0.39, 0.29) is 29.9 Å². The van der Waals surface area contributed by atoms with Crippen LogP contribution in [0.3, 0.4) is 0 Å². The van der Waals surface area contributed by atoms with Crippen molar-refractivity contribution in [1.82, 2.24) is 20.9 Å². The summed E-state index contributed by atoms with van der Waals surface area (Å²) in [6.45, 7) is 5.31. The molecule has 0 saturated carbocycles. The van der Waals surface area contributed by atoms with Crippen molar-refractivity contribution >= 4 is 35.8 Å². The van der Waals surface area contributed by atoms with Crippen LogP contribution in [0.2, 0.25) is 0 Å². The average Bonchev–Trinajstić information content (AvgIpc) is 2.56. The number of nitrogens with zero attached hydrogens (tertiary/aromatic N) is 2. The fourth-order valence-electron chi connectivity index (χ4n) is 1.70. The Balaban J connectivity index is 0.00000484. The molecule has 0 saturated heterocycles. The third-order valence-electron chi connectivity index (χ3n) is 2.75. The van der Waals surface area contributed by atoms with Crippen molar-refractivity contribution in [3.63, 3.8) is 0 Å². The number of rotatable bonds is 9. The van der Waals surface area contributed by atoms with Crippen LogP contribution in [-0.2, 0) is 4.74 Å². The molecule has 0 aliphatic heterocycles. The monoisotopic (exact) mass is 435 g/mol. The number of methoxy groups -OCH3 is 1. The highest BCUT2D eigenvalue weighted by Crippen LogP contribution is 1.94. The van der Waals surface area contributed by atoms with Crippen LogP contribution in [-0.4, -0.2) is 56.7 Å². The number of hydrogen-bond donors (Lipinski definition) is 3. The first-order valence-corrected chi connectivity index (χ1v) is 7.47. The maximum absolute atomic E-state index is 11.8. The lowest BCUT2D eigenvalue weighted by molar-refractivity contribution is 0.0954. The lowest BCUT2D eigenvalue weighted by Gasteiger charge is -2.11. The van der Waals surface area contributed by atoms with E-state index < -0.39 is 0 Å². The summed E-state index contributed by atoms with van der Waals surface area (Å²) >= 11 is 0. The Hall–Kier alpha value is -1.42. The SMILES string of the molecule is CCNC(=NCCCOC)NCCNC(=O)c1cccnc1.I. The van der Waals surface area contributed by atoms with Gasteiger partial charge in [-0.15, -0.1) is 24.0 Å². The number of aliphatic imine (C=N–C) groups is 1. The molecule has 0 fully saturated rings. The molecule has 0 radical (unpaired) electrons. The first-order valence-electron chi connectivity index (χ1n) is 7.47. The quantitative estimate of drug-likeness (QED) is 0.233. The molecule has 8 heteroatoms. The molecule has 0 spiro atoms. The van der Waals surface area contributed by atoms with Crippen molar-refractivity contribution in [2.75, 3.05) is 39.9 Å². The molecule has 0 bridgehead atoms. The second kappa shape index (κ2) is 14.2. The molecular formula is C15H26IN5O2. The standard InChI is InChI=1S/C15H25N5O2.HI/c1-3-17-15(19-8-5-11-22-2)20-10-9-18-14(21)13-6-4-7-16-12-13;/h4,6-7,12H,3,5,8-11H2,1-2H3,(H,18,21)(H2,17,19,20);1H. The number of guanidine groups is 1. The molecule has 1 aromatic heterocycles. The van der Waals surface area contributed by atoms with Crippen LogP contribution >= 0.6 is 24.0 Å². The van der Waals surface area contributed by atoms with Crippen LogP contribution in [0.15, 0.2) is 29.5 Å². The lowest BCUT2D eigenvalue weighted by Crippen LogP contribution is -2.41. The van der Waals surface area contributed by atoms with Crippen molar-refractivity contribution in [3.8, 4) is 0 Å². The molecule has 0 aliphatic rings. The van der Waals surface area contributed by atoms with Gasteiger partial charge in [-0.1, -0.05) is 0 Å². The van der Waals surface area contributed by atoms with E-state index in [2.05, 4.69) is 25.9 Å². The number of ether oxygens (including phenoxy) is 1. The zero-order valence-corrected chi connectivity index (χ0v) is 16.0. The minimum Gasteiger partial charge on any atom is -0.385 e. The zero-order chi connectivity index (χ0) is 16.0. The summed E-state index contributed by atoms with van der Waals surface area (Å²) in [5.74, 6) is 0.617. The number of hydrogen-bond acceptors (Lipinski definition) is 4. The molecule has 0 unspecified atom stereocenters. The van der Waals surface area contributed by atoms with E-state index in [1.165, 1.54) is 0 Å². The molecule has 1 rings (SSSR count). The normalized spacial score (nSPS) is 10.6. The van der Waals surface area contributed by atoms with Crippen LogP contribution in [0.4, 0.5) is 0 Å². The van der Waals surface area contributed by atoms with E-state index >= 15 is 0 Å². The molecule has 1 heterocycles. The van der Waals surface area contributed by atoms with Gasteiger partial charge in [0.2, 0.25) is 0 Å². The van der Waals surface area contributed by atoms with Crippen molar-refractivity contribution in [1.29, 1.82) is 0 Å². The number of carbonyl (C=O) groups excluding carboxylic acids is 1. The van der Waals surface area contributed by atoms with Gasteiger partial charge >= 0.3 is 0 Å². The van der Waals surface area contributed by atoms with Gasteiger partial charge in [0, 0.05) is 52.3 Å². The van der Waals surface area contributed by atoms with Crippen molar-refractivity contribution in [3.05, 3.63) is 30.1 Å². The molecule has 0 atom stereocenters. The number of amides is 1. The number of carbonyl (C=O) groups is 1. The molecule has 1 aromatic rings. The first-order chi connectivity index (χ1) is 10.8. The van der Waals surface area contributed by atoms with Crippen LogP contribution in [0, 0.1) is 0 Å². The van der Waals surface area contributed by atoms with E-state index in [0.717, 1.165) is 18.9 Å². The van der Waals surface area contributed by atoms with Crippen LogP contribution in [0.25, 0.3) is 0 Å². The fraction of sp³-hybridized carbons (Fsp3) is 0.533. The van der Waals surface area contributed by atoms with Crippen molar-refractivity contribution in [2.24, 2.45) is 4.99 Å². The highest BCUT2D eigenvalue weighted by molar-refractivity contribution is 14.0. The van der Waals surface area contributed by atoms with Crippen LogP contribution in [0.5, 0.6) is 0 Å². The number of halogens is 1. The summed E-state index contributed by atoms with van der Waals surface area (Å²) in [7, 11) is 1.68. The third-order valence-corrected chi connectivity index (χ3v) is 2.75. The highest BCUT2D eigenvalue weighted by atomic mass is 127. The smallest absolute Gasteiger partial charge is 0.252 e. The summed E-state index contributed by atoms with van der Waals surface area (Å²) in [6.07, 6.45) is 4.07. The largest absolute Gasteiger partial charge is 0.385 e. The Labute approximate surface area is 154 Å². The highest BCUT2D eigenvalue weighted by Gasteiger charge is 2.03. The van der Waals surface area contributed by atoms with Gasteiger partial charge in [-0.05, 0) is 25.5 Å². The van der Waals surface area contributed by atoms with Gasteiger partial charge in [-0.25, -0.2) is 0 Å². The van der Waals surface area contributed by atoms with E-state index in [4.69, 9.17) is 4.74 Å². The minimum atomic E-state index is -0.128. The summed E-state index contributed by atoms with van der Waals surface area (Å²) < 4.78 is 4.99. The molecular weight excluding hydrogens is 409 g/mol. The molecule has 130 valence electrons. The molecule has 1 amide bonds. The van der Waals surface area contributed by atoms with E-state index in [0.29, 0.717) is 31.8 Å². The van der Waals surface area contributed by atoms with E-state index in [1.54, 1.807) is 31.6 Å². The summed E-state index contributed by atoms with van der Waals surface area (Å²) in [6, 6.07) is 3.47. The average molecular weight is 435 g/mol. The van der Waals surface area contributed by atoms with Gasteiger partial charge in [0.25, 0.3) is 5.91 Å². The number of aromatic nitrogens is 1. The Morgan fingerprint density at radius 1 is 1.30 bits per heavy atom. The molecule has 23 heavy (non-hydrogen) atoms. The van der Waals surface area contributed by atoms with Gasteiger partial charge < -0.3 is 20.7 Å². The van der Waals surface area contributed by atoms with Crippen LogP contribution < -0.4 is 16.0 Å². The number of nitrogens with one attached hydrogen (secondary N) is 3. The first kappa shape index (κ1) is 21.6. The lowest BCUT2D eigenvalue weighted by atomic mass is 10.3. The third kappa shape index (κ3) is 10.1. The summed E-state index contributed by atoms with van der Waals surface area (Å²) in [5.41, 5.74) is 0.558. The second-order valence-electron chi connectivity index (χ2n) is 4.53. The predicted octanol–water partition coefficient (Wildman–Crippen LogP) is 1.02. The zero-order valence-electron chi connectivity index (χ0n) is 13.7. The van der Waals surface area contributed by atoms with Gasteiger partial charge in [-0.3, -0.25) is 14.8 Å². The summed E-state index contributed by atoms with van der Waals surface area (Å²) in [5, 5.41) is 9.16. The van der Waals surface area contributed by atoms with Crippen molar-refractivity contribution in [2.45, 2.75) is 13.3 Å². The summed E-state index contributed by atoms with van der Waals surface area (Å²) in [4.78, 5) is 20.2. The van der Waals surface area contributed by atoms with Gasteiger partial charge in [0.1, 0.15) is 0 Å². The molecule has 7 nitrogen and oxygen atoms in total. The molecule has 3 N–H and O–H groups in total. The van der Waals surface area contributed by atoms with E-state index in [1.807, 2.05) is 6.92 Å². The Bertz CT molecular complexity index is 456. The maximum atomic E-state index is 11.8. The second-order valence-corrected chi connectivity index (χ2v) is 4.53. The van der Waals surface area contributed by atoms with Crippen LogP contribution in [0.1, 0.15) is 23.7 Å². The maximum Gasteiger partial charge on any atom is 0.252 e. The Kier molecular flexibility index (Phi) is 13.3. The van der Waals surface area contributed by atoms with Gasteiger partial charge in [-0.2, -0.15) is 0 Å². The van der Waals surface area contributed by atoms with Gasteiger partial charge in [0.05, 0.1) is 5.56 Å². The Morgan fingerprint density at radius 3 is 2.74 bits per heavy atom. The Morgan fingerprint density at radius 2 is 2.09 bits per heavy atom. The van der Waals surface area contributed by atoms with Crippen molar-refractivity contribution < 1.29 is 9.53 Å². The molecule has 0 aliphatic carbocycles. The topological polar surface area (TPSA) is 87.6 Å². The van der Waals surface area contributed by atoms with E-state index in [9.17, 15) is 4.79 Å². The number of pyridine rings is 1. The fourth-order valence-corrected chi connectivity index (χ4v) is 1.70. The molecule has 0 aromatic carbocycles. The predicted molar refractivity (Wildman–Crippen MR) is 102 cm³/mol.